The number of methoxy groups -OCH3 is 3. The summed E-state index contributed by atoms with van der Waals surface area (Å²) in [7, 11) is 4.48. The van der Waals surface area contributed by atoms with Crippen molar-refractivity contribution in [3.63, 3.8) is 0 Å². The van der Waals surface area contributed by atoms with Crippen molar-refractivity contribution >= 4 is 28.4 Å². The van der Waals surface area contributed by atoms with Gasteiger partial charge in [-0.1, -0.05) is 30.3 Å². The van der Waals surface area contributed by atoms with Gasteiger partial charge in [-0.2, -0.15) is 5.10 Å². The molecule has 0 saturated heterocycles. The summed E-state index contributed by atoms with van der Waals surface area (Å²) in [4.78, 5) is 24.7. The minimum atomic E-state index is -0.582. The van der Waals surface area contributed by atoms with Crippen molar-refractivity contribution in [2.24, 2.45) is 5.73 Å². The molecule has 0 spiro atoms. The molecule has 0 saturated carbocycles. The topological polar surface area (TPSA) is 118 Å². The van der Waals surface area contributed by atoms with Gasteiger partial charge in [0.25, 0.3) is 11.8 Å². The first kappa shape index (κ1) is 22.7. The Labute approximate surface area is 196 Å². The fourth-order valence-corrected chi connectivity index (χ4v) is 3.77. The number of rotatable bonds is 8. The Morgan fingerprint density at radius 3 is 2.29 bits per heavy atom. The van der Waals surface area contributed by atoms with E-state index in [2.05, 4.69) is 10.4 Å². The number of nitrogens with zero attached hydrogens (tertiary/aromatic N) is 2. The number of nitrogens with one attached hydrogen (secondary N) is 1. The van der Waals surface area contributed by atoms with E-state index in [4.69, 9.17) is 19.9 Å². The third kappa shape index (κ3) is 4.36. The van der Waals surface area contributed by atoms with E-state index in [1.54, 1.807) is 22.9 Å². The van der Waals surface area contributed by atoms with E-state index in [1.807, 2.05) is 42.5 Å². The molecule has 0 atom stereocenters. The van der Waals surface area contributed by atoms with Crippen LogP contribution in [-0.2, 0) is 6.54 Å². The van der Waals surface area contributed by atoms with Gasteiger partial charge in [0.05, 0.1) is 33.4 Å². The Hall–Kier alpha value is -4.53. The van der Waals surface area contributed by atoms with Gasteiger partial charge in [0.1, 0.15) is 0 Å². The Kier molecular flexibility index (Phi) is 6.35. The molecular formula is C25H24N4O5. The van der Waals surface area contributed by atoms with Crippen molar-refractivity contribution in [3.05, 3.63) is 77.5 Å². The van der Waals surface area contributed by atoms with Crippen LogP contribution in [0.15, 0.2) is 60.7 Å². The second kappa shape index (κ2) is 9.53. The normalized spacial score (nSPS) is 10.7. The Morgan fingerprint density at radius 2 is 1.65 bits per heavy atom. The Balaban J connectivity index is 1.59. The average molecular weight is 460 g/mol. The largest absolute Gasteiger partial charge is 0.493 e. The lowest BCUT2D eigenvalue weighted by molar-refractivity contribution is 0.0994. The van der Waals surface area contributed by atoms with E-state index in [0.29, 0.717) is 40.4 Å². The molecule has 0 fully saturated rings. The summed E-state index contributed by atoms with van der Waals surface area (Å²) in [6, 6.07) is 17.9. The van der Waals surface area contributed by atoms with Crippen LogP contribution < -0.4 is 25.3 Å². The lowest BCUT2D eigenvalue weighted by Crippen LogP contribution is -2.14. The first-order valence-corrected chi connectivity index (χ1v) is 10.4. The zero-order valence-corrected chi connectivity index (χ0v) is 19.0. The summed E-state index contributed by atoms with van der Waals surface area (Å²) in [6.45, 7) is 0.391. The fourth-order valence-electron chi connectivity index (χ4n) is 3.77. The maximum Gasteiger partial charge on any atom is 0.269 e. The van der Waals surface area contributed by atoms with Gasteiger partial charge in [0.2, 0.25) is 5.75 Å². The van der Waals surface area contributed by atoms with Crippen LogP contribution in [0.2, 0.25) is 0 Å². The monoisotopic (exact) mass is 460 g/mol. The lowest BCUT2D eigenvalue weighted by Gasteiger charge is -2.14. The number of hydrogen-bond acceptors (Lipinski definition) is 6. The highest BCUT2D eigenvalue weighted by molar-refractivity contribution is 6.05. The minimum Gasteiger partial charge on any atom is -0.493 e. The second-order valence-electron chi connectivity index (χ2n) is 7.46. The molecular weight excluding hydrogens is 436 g/mol. The molecule has 1 heterocycles. The van der Waals surface area contributed by atoms with Crippen molar-refractivity contribution in [1.82, 2.24) is 9.78 Å². The van der Waals surface area contributed by atoms with Crippen LogP contribution in [0.4, 0.5) is 5.69 Å². The molecule has 3 aromatic carbocycles. The molecule has 0 unspecified atom stereocenters. The van der Waals surface area contributed by atoms with Crippen LogP contribution in [0.1, 0.15) is 26.4 Å². The van der Waals surface area contributed by atoms with Crippen molar-refractivity contribution in [3.8, 4) is 17.2 Å². The van der Waals surface area contributed by atoms with E-state index in [0.717, 1.165) is 11.1 Å². The van der Waals surface area contributed by atoms with Crippen LogP contribution in [0.25, 0.3) is 10.9 Å². The predicted octanol–water partition coefficient (Wildman–Crippen LogP) is 3.46. The van der Waals surface area contributed by atoms with Gasteiger partial charge < -0.3 is 25.3 Å². The first-order valence-electron chi connectivity index (χ1n) is 10.4. The lowest BCUT2D eigenvalue weighted by atomic mass is 10.1. The van der Waals surface area contributed by atoms with Crippen LogP contribution in [-0.4, -0.2) is 42.9 Å². The number of primary amides is 1. The molecule has 9 heteroatoms. The fraction of sp³-hybridized carbons (Fsp3) is 0.160. The highest BCUT2D eigenvalue weighted by atomic mass is 16.5. The summed E-state index contributed by atoms with van der Waals surface area (Å²) in [5, 5.41) is 7.98. The highest BCUT2D eigenvalue weighted by Gasteiger charge is 2.18. The van der Waals surface area contributed by atoms with Crippen molar-refractivity contribution in [2.75, 3.05) is 26.6 Å². The van der Waals surface area contributed by atoms with Crippen LogP contribution >= 0.6 is 0 Å². The summed E-state index contributed by atoms with van der Waals surface area (Å²) in [5.41, 5.74) is 8.34. The number of amides is 2. The number of aromatic nitrogens is 2. The number of carbonyl (C=O) groups excluding carboxylic acids is 2. The number of benzene rings is 3. The number of hydrogen-bond donors (Lipinski definition) is 2. The first-order chi connectivity index (χ1) is 16.4. The summed E-state index contributed by atoms with van der Waals surface area (Å²) in [5.74, 6) is 0.261. The third-order valence-corrected chi connectivity index (χ3v) is 5.34. The van der Waals surface area contributed by atoms with Crippen LogP contribution in [0.3, 0.4) is 0 Å². The maximum atomic E-state index is 12.9. The number of para-hydroxylation sites is 1. The number of nitrogens with two attached hydrogens (primary N) is 1. The van der Waals surface area contributed by atoms with Crippen LogP contribution in [0.5, 0.6) is 17.2 Å². The quantitative estimate of drug-likeness (QED) is 0.416. The summed E-state index contributed by atoms with van der Waals surface area (Å²) in [6.07, 6.45) is 0. The Morgan fingerprint density at radius 1 is 0.941 bits per heavy atom. The van der Waals surface area contributed by atoms with Gasteiger partial charge in [-0.05, 0) is 35.9 Å². The van der Waals surface area contributed by atoms with Gasteiger partial charge in [0, 0.05) is 16.6 Å². The molecule has 174 valence electrons. The molecule has 1 aromatic heterocycles. The number of carbonyl (C=O) groups is 2. The standard InChI is InChI=1S/C25H24N4O5/c1-32-20-12-16(13-21(33-2)23(20)34-3)25(31)27-17-8-6-7-15(11-17)14-29-19-10-5-4-9-18(19)22(28-29)24(26)30/h4-13H,14H2,1-3H3,(H2,26,30)(H,27,31). The number of anilines is 1. The summed E-state index contributed by atoms with van der Waals surface area (Å²) < 4.78 is 17.7. The van der Waals surface area contributed by atoms with Crippen molar-refractivity contribution in [2.45, 2.75) is 6.54 Å². The van der Waals surface area contributed by atoms with E-state index in [1.165, 1.54) is 21.3 Å². The zero-order chi connectivity index (χ0) is 24.2. The zero-order valence-electron chi connectivity index (χ0n) is 19.0. The average Bonchev–Trinajstić information content (AvgIpc) is 3.22. The van der Waals surface area contributed by atoms with Gasteiger partial charge in [-0.25, -0.2) is 0 Å². The molecule has 0 aliphatic rings. The molecule has 0 bridgehead atoms. The minimum absolute atomic E-state index is 0.224. The van der Waals surface area contributed by atoms with Gasteiger partial charge in [0.15, 0.2) is 17.2 Å². The van der Waals surface area contributed by atoms with Gasteiger partial charge in [-0.3, -0.25) is 14.3 Å². The Bertz CT molecular complexity index is 1350. The van der Waals surface area contributed by atoms with Crippen LogP contribution in [0, 0.1) is 0 Å². The highest BCUT2D eigenvalue weighted by Crippen LogP contribution is 2.38. The number of fused-ring (bicyclic) bond motifs is 1. The van der Waals surface area contributed by atoms with E-state index in [-0.39, 0.29) is 11.6 Å². The predicted molar refractivity (Wildman–Crippen MR) is 128 cm³/mol. The second-order valence-corrected chi connectivity index (χ2v) is 7.46. The molecule has 0 aliphatic heterocycles. The van der Waals surface area contributed by atoms with Crippen molar-refractivity contribution < 1.29 is 23.8 Å². The maximum absolute atomic E-state index is 12.9. The van der Waals surface area contributed by atoms with E-state index in [9.17, 15) is 9.59 Å². The van der Waals surface area contributed by atoms with E-state index >= 15 is 0 Å². The molecule has 0 radical (unpaired) electrons. The molecule has 34 heavy (non-hydrogen) atoms. The van der Waals surface area contributed by atoms with E-state index < -0.39 is 5.91 Å². The van der Waals surface area contributed by atoms with Gasteiger partial charge >= 0.3 is 0 Å². The third-order valence-electron chi connectivity index (χ3n) is 5.34. The molecule has 4 aromatic rings. The van der Waals surface area contributed by atoms with Crippen molar-refractivity contribution in [1.29, 1.82) is 0 Å². The molecule has 4 rings (SSSR count). The SMILES string of the molecule is COc1cc(C(=O)Nc2cccc(Cn3nc(C(N)=O)c4ccccc43)c2)cc(OC)c1OC. The molecule has 2 amide bonds. The smallest absolute Gasteiger partial charge is 0.269 e. The summed E-state index contributed by atoms with van der Waals surface area (Å²) >= 11 is 0. The molecule has 9 nitrogen and oxygen atoms in total. The van der Waals surface area contributed by atoms with Gasteiger partial charge in [-0.15, -0.1) is 0 Å². The molecule has 3 N–H and O–H groups in total. The number of ether oxygens (including phenoxy) is 3. The molecule has 0 aliphatic carbocycles.